The molecule has 3 rings (SSSR count). The summed E-state index contributed by atoms with van der Waals surface area (Å²) in [6, 6.07) is 8.90. The standard InChI is InChI=1S/C18H22N2O3.ClH/c1-19-9-6-13-7-10-20(11-8-13)17(21)15-12-14-4-2-3-5-16(14)23-18(15)22;/h2-5,12-13,19H,6-11H2,1H3;1H. The summed E-state index contributed by atoms with van der Waals surface area (Å²) in [5.74, 6) is 0.441. The number of para-hydroxylation sites is 1. The fraction of sp³-hybridized carbons (Fsp3) is 0.444. The highest BCUT2D eigenvalue weighted by atomic mass is 35.5. The zero-order chi connectivity index (χ0) is 16.2. The second kappa shape index (κ2) is 8.31. The van der Waals surface area contributed by atoms with Crippen LogP contribution in [0.25, 0.3) is 11.0 Å². The number of nitrogens with zero attached hydrogens (tertiary/aromatic N) is 1. The third-order valence-electron chi connectivity index (χ3n) is 4.58. The van der Waals surface area contributed by atoms with Crippen LogP contribution in [0.2, 0.25) is 0 Å². The van der Waals surface area contributed by atoms with Crippen LogP contribution in [0.1, 0.15) is 29.6 Å². The first-order valence-electron chi connectivity index (χ1n) is 8.16. The largest absolute Gasteiger partial charge is 0.422 e. The van der Waals surface area contributed by atoms with E-state index in [2.05, 4.69) is 5.32 Å². The van der Waals surface area contributed by atoms with Crippen molar-refractivity contribution in [3.8, 4) is 0 Å². The molecular formula is C18H23ClN2O3. The molecule has 0 saturated carbocycles. The smallest absolute Gasteiger partial charge is 0.349 e. The molecule has 1 aliphatic rings. The maximum Gasteiger partial charge on any atom is 0.349 e. The van der Waals surface area contributed by atoms with Crippen molar-refractivity contribution >= 4 is 29.3 Å². The molecule has 1 amide bonds. The van der Waals surface area contributed by atoms with Gasteiger partial charge in [-0.2, -0.15) is 0 Å². The number of halogens is 1. The van der Waals surface area contributed by atoms with Gasteiger partial charge in [-0.05, 0) is 50.9 Å². The Morgan fingerprint density at radius 3 is 2.71 bits per heavy atom. The summed E-state index contributed by atoms with van der Waals surface area (Å²) in [6.45, 7) is 2.42. The third-order valence-corrected chi connectivity index (χ3v) is 4.58. The Hall–Kier alpha value is -1.85. The van der Waals surface area contributed by atoms with E-state index < -0.39 is 5.63 Å². The number of likely N-dealkylation sites (tertiary alicyclic amines) is 1. The van der Waals surface area contributed by atoms with Crippen molar-refractivity contribution in [1.82, 2.24) is 10.2 Å². The van der Waals surface area contributed by atoms with Crippen LogP contribution in [0.3, 0.4) is 0 Å². The van der Waals surface area contributed by atoms with E-state index in [-0.39, 0.29) is 23.9 Å². The van der Waals surface area contributed by atoms with Crippen molar-refractivity contribution in [2.24, 2.45) is 5.92 Å². The Morgan fingerprint density at radius 1 is 1.29 bits per heavy atom. The van der Waals surface area contributed by atoms with E-state index in [1.165, 1.54) is 0 Å². The summed E-state index contributed by atoms with van der Waals surface area (Å²) in [5, 5.41) is 3.94. The van der Waals surface area contributed by atoms with E-state index in [1.54, 1.807) is 17.0 Å². The van der Waals surface area contributed by atoms with Crippen LogP contribution >= 0.6 is 12.4 Å². The second-order valence-electron chi connectivity index (χ2n) is 6.11. The minimum absolute atomic E-state index is 0. The predicted octanol–water partition coefficient (Wildman–Crippen LogP) is 2.68. The molecule has 1 fully saturated rings. The van der Waals surface area contributed by atoms with Gasteiger partial charge in [-0.1, -0.05) is 18.2 Å². The maximum atomic E-state index is 12.6. The fourth-order valence-electron chi connectivity index (χ4n) is 3.15. The Morgan fingerprint density at radius 2 is 2.00 bits per heavy atom. The lowest BCUT2D eigenvalue weighted by Crippen LogP contribution is -2.40. The molecular weight excluding hydrogens is 328 g/mol. The normalized spacial score (nSPS) is 15.3. The summed E-state index contributed by atoms with van der Waals surface area (Å²) in [6.07, 6.45) is 3.12. The first kappa shape index (κ1) is 18.5. The lowest BCUT2D eigenvalue weighted by molar-refractivity contribution is 0.0683. The lowest BCUT2D eigenvalue weighted by atomic mass is 9.93. The number of nitrogens with one attached hydrogen (secondary N) is 1. The number of hydrogen-bond donors (Lipinski definition) is 1. The van der Waals surface area contributed by atoms with E-state index in [1.807, 2.05) is 25.2 Å². The first-order valence-corrected chi connectivity index (χ1v) is 8.16. The number of amides is 1. The highest BCUT2D eigenvalue weighted by molar-refractivity contribution is 5.96. The van der Waals surface area contributed by atoms with Gasteiger partial charge in [0.2, 0.25) is 0 Å². The molecule has 24 heavy (non-hydrogen) atoms. The van der Waals surface area contributed by atoms with Crippen molar-refractivity contribution in [2.75, 3.05) is 26.7 Å². The van der Waals surface area contributed by atoms with Gasteiger partial charge in [-0.15, -0.1) is 12.4 Å². The van der Waals surface area contributed by atoms with Crippen LogP contribution in [0, 0.1) is 5.92 Å². The van der Waals surface area contributed by atoms with Crippen molar-refractivity contribution in [3.63, 3.8) is 0 Å². The number of benzene rings is 1. The molecule has 0 radical (unpaired) electrons. The van der Waals surface area contributed by atoms with Gasteiger partial charge in [0.05, 0.1) is 0 Å². The zero-order valence-electron chi connectivity index (χ0n) is 13.8. The monoisotopic (exact) mass is 350 g/mol. The predicted molar refractivity (Wildman–Crippen MR) is 96.9 cm³/mol. The molecule has 1 aromatic carbocycles. The molecule has 0 unspecified atom stereocenters. The fourth-order valence-corrected chi connectivity index (χ4v) is 3.15. The van der Waals surface area contributed by atoms with Gasteiger partial charge in [0.1, 0.15) is 11.1 Å². The number of fused-ring (bicyclic) bond motifs is 1. The lowest BCUT2D eigenvalue weighted by Gasteiger charge is -2.31. The van der Waals surface area contributed by atoms with E-state index in [0.717, 1.165) is 31.2 Å². The molecule has 1 saturated heterocycles. The highest BCUT2D eigenvalue weighted by Crippen LogP contribution is 2.21. The van der Waals surface area contributed by atoms with E-state index >= 15 is 0 Å². The molecule has 0 aliphatic carbocycles. The van der Waals surface area contributed by atoms with Crippen LogP contribution in [-0.4, -0.2) is 37.5 Å². The molecule has 2 heterocycles. The van der Waals surface area contributed by atoms with Crippen molar-refractivity contribution in [2.45, 2.75) is 19.3 Å². The highest BCUT2D eigenvalue weighted by Gasteiger charge is 2.25. The zero-order valence-corrected chi connectivity index (χ0v) is 14.6. The van der Waals surface area contributed by atoms with Gasteiger partial charge >= 0.3 is 5.63 Å². The van der Waals surface area contributed by atoms with Crippen molar-refractivity contribution in [1.29, 1.82) is 0 Å². The van der Waals surface area contributed by atoms with Gasteiger partial charge in [-0.3, -0.25) is 4.79 Å². The number of rotatable bonds is 4. The van der Waals surface area contributed by atoms with Gasteiger partial charge in [0.25, 0.3) is 5.91 Å². The molecule has 130 valence electrons. The molecule has 1 aromatic heterocycles. The van der Waals surface area contributed by atoms with Crippen LogP contribution in [0.15, 0.2) is 39.5 Å². The molecule has 2 aromatic rings. The Kier molecular flexibility index (Phi) is 6.40. The Labute approximate surface area is 147 Å². The van der Waals surface area contributed by atoms with Gasteiger partial charge < -0.3 is 14.6 Å². The van der Waals surface area contributed by atoms with Crippen LogP contribution < -0.4 is 10.9 Å². The number of hydrogen-bond acceptors (Lipinski definition) is 4. The molecule has 5 nitrogen and oxygen atoms in total. The van der Waals surface area contributed by atoms with Crippen LogP contribution in [0.5, 0.6) is 0 Å². The first-order chi connectivity index (χ1) is 11.2. The molecule has 0 spiro atoms. The summed E-state index contributed by atoms with van der Waals surface area (Å²) < 4.78 is 5.27. The van der Waals surface area contributed by atoms with Gasteiger partial charge in [-0.25, -0.2) is 4.79 Å². The number of carbonyl (C=O) groups excluding carboxylic acids is 1. The van der Waals surface area contributed by atoms with Crippen molar-refractivity contribution in [3.05, 3.63) is 46.3 Å². The SMILES string of the molecule is CNCCC1CCN(C(=O)c2cc3ccccc3oc2=O)CC1.Cl. The molecule has 0 atom stereocenters. The third kappa shape index (κ3) is 3.97. The average Bonchev–Trinajstić information content (AvgIpc) is 2.59. The molecule has 0 bridgehead atoms. The Balaban J connectivity index is 0.00000208. The minimum atomic E-state index is -0.550. The maximum absolute atomic E-state index is 12.6. The van der Waals surface area contributed by atoms with Crippen LogP contribution in [-0.2, 0) is 0 Å². The summed E-state index contributed by atoms with van der Waals surface area (Å²) in [7, 11) is 1.96. The van der Waals surface area contributed by atoms with Gasteiger partial charge in [0, 0.05) is 18.5 Å². The molecule has 6 heteroatoms. The number of carbonyl (C=O) groups is 1. The summed E-state index contributed by atoms with van der Waals surface area (Å²) in [5.41, 5.74) is 0.100. The van der Waals surface area contributed by atoms with E-state index in [9.17, 15) is 9.59 Å². The molecule has 1 N–H and O–H groups in total. The quantitative estimate of drug-likeness (QED) is 0.861. The summed E-state index contributed by atoms with van der Waals surface area (Å²) >= 11 is 0. The topological polar surface area (TPSA) is 62.6 Å². The van der Waals surface area contributed by atoms with E-state index in [4.69, 9.17) is 4.42 Å². The van der Waals surface area contributed by atoms with Crippen LogP contribution in [0.4, 0.5) is 0 Å². The Bertz CT molecular complexity index is 751. The van der Waals surface area contributed by atoms with Crippen molar-refractivity contribution < 1.29 is 9.21 Å². The second-order valence-corrected chi connectivity index (χ2v) is 6.11. The number of piperidine rings is 1. The van der Waals surface area contributed by atoms with Gasteiger partial charge in [0.15, 0.2) is 0 Å². The molecule has 1 aliphatic heterocycles. The minimum Gasteiger partial charge on any atom is -0.422 e. The summed E-state index contributed by atoms with van der Waals surface area (Å²) in [4.78, 5) is 26.5. The average molecular weight is 351 g/mol. The van der Waals surface area contributed by atoms with E-state index in [0.29, 0.717) is 24.6 Å².